The molecule has 0 spiro atoms. The number of carbonyl (C=O) groups is 2. The minimum absolute atomic E-state index is 0.118. The first kappa shape index (κ1) is 25.2. The summed E-state index contributed by atoms with van der Waals surface area (Å²) < 4.78 is 5.79. The van der Waals surface area contributed by atoms with Crippen LogP contribution in [0.2, 0.25) is 0 Å². The van der Waals surface area contributed by atoms with E-state index in [-0.39, 0.29) is 12.3 Å². The topological polar surface area (TPSA) is 118 Å². The maximum Gasteiger partial charge on any atom is 0.304 e. The molecule has 4 aliphatic heterocycles. The van der Waals surface area contributed by atoms with E-state index in [0.29, 0.717) is 48.9 Å². The lowest BCUT2D eigenvalue weighted by atomic mass is 9.87. The lowest BCUT2D eigenvalue weighted by Crippen LogP contribution is -2.27. The number of rotatable bonds is 2. The van der Waals surface area contributed by atoms with Gasteiger partial charge in [0.1, 0.15) is 0 Å². The molecule has 8 heteroatoms. The van der Waals surface area contributed by atoms with Crippen LogP contribution in [0.3, 0.4) is 0 Å². The summed E-state index contributed by atoms with van der Waals surface area (Å²) in [6.07, 6.45) is 0.669. The molecule has 1 aromatic heterocycles. The molecule has 0 saturated heterocycles. The van der Waals surface area contributed by atoms with E-state index >= 15 is 0 Å². The maximum absolute atomic E-state index is 13.0. The van der Waals surface area contributed by atoms with Gasteiger partial charge in [-0.25, -0.2) is 0 Å². The zero-order valence-corrected chi connectivity index (χ0v) is 20.7. The van der Waals surface area contributed by atoms with E-state index in [1.165, 1.54) is 0 Å². The molecule has 0 fully saturated rings. The Balaban J connectivity index is 1.72. The minimum atomic E-state index is -0.923. The molecule has 0 aliphatic carbocycles. The average molecular weight is 489 g/mol. The van der Waals surface area contributed by atoms with E-state index in [4.69, 9.17) is 15.5 Å². The Kier molecular flexibility index (Phi) is 7.85. The zero-order chi connectivity index (χ0) is 25.7. The third-order valence-corrected chi connectivity index (χ3v) is 6.49. The van der Waals surface area contributed by atoms with Crippen LogP contribution in [0.5, 0.6) is 0 Å². The summed E-state index contributed by atoms with van der Waals surface area (Å²) in [6.45, 7) is 3.94. The van der Waals surface area contributed by atoms with Crippen LogP contribution in [0, 0.1) is 6.92 Å². The van der Waals surface area contributed by atoms with Gasteiger partial charge in [0.25, 0.3) is 5.91 Å². The van der Waals surface area contributed by atoms with Gasteiger partial charge in [-0.05, 0) is 60.4 Å². The number of amides is 1. The first-order valence-corrected chi connectivity index (χ1v) is 12.1. The first-order chi connectivity index (χ1) is 17.3. The van der Waals surface area contributed by atoms with Gasteiger partial charge in [0, 0.05) is 37.4 Å². The Bertz CT molecular complexity index is 1240. The molecule has 0 saturated carbocycles. The molecule has 1 amide bonds. The lowest BCUT2D eigenvalue weighted by Gasteiger charge is -2.22. The Morgan fingerprint density at radius 1 is 1.19 bits per heavy atom. The highest BCUT2D eigenvalue weighted by Crippen LogP contribution is 2.35. The van der Waals surface area contributed by atoms with Crippen LogP contribution in [0.1, 0.15) is 57.2 Å². The highest BCUT2D eigenvalue weighted by Gasteiger charge is 2.23. The Labute approximate surface area is 211 Å². The number of aliphatic carboxylic acids is 1. The van der Waals surface area contributed by atoms with Gasteiger partial charge in [-0.1, -0.05) is 24.3 Å². The Morgan fingerprint density at radius 2 is 1.97 bits per heavy atom. The number of benzene rings is 2. The highest BCUT2D eigenvalue weighted by atomic mass is 16.5. The molecule has 5 heterocycles. The smallest absolute Gasteiger partial charge is 0.304 e. The summed E-state index contributed by atoms with van der Waals surface area (Å²) in [7, 11) is 1.73. The van der Waals surface area contributed by atoms with Crippen LogP contribution < -0.4 is 11.1 Å². The van der Waals surface area contributed by atoms with Crippen molar-refractivity contribution in [3.8, 4) is 0 Å². The van der Waals surface area contributed by atoms with Gasteiger partial charge in [0.05, 0.1) is 36.6 Å². The molecule has 1 atom stereocenters. The summed E-state index contributed by atoms with van der Waals surface area (Å²) in [5, 5.41) is 13.0. The lowest BCUT2D eigenvalue weighted by molar-refractivity contribution is -0.137. The van der Waals surface area contributed by atoms with Crippen LogP contribution in [0.25, 0.3) is 0 Å². The van der Waals surface area contributed by atoms with E-state index < -0.39 is 11.9 Å². The number of pyridine rings is 1. The molecule has 6 bridgehead atoms. The van der Waals surface area contributed by atoms with Crippen molar-refractivity contribution in [2.75, 3.05) is 31.2 Å². The van der Waals surface area contributed by atoms with Gasteiger partial charge in [0.2, 0.25) is 0 Å². The largest absolute Gasteiger partial charge is 0.481 e. The Morgan fingerprint density at radius 3 is 2.72 bits per heavy atom. The zero-order valence-electron chi connectivity index (χ0n) is 20.7. The van der Waals surface area contributed by atoms with E-state index in [1.807, 2.05) is 61.5 Å². The van der Waals surface area contributed by atoms with Gasteiger partial charge in [-0.3, -0.25) is 14.6 Å². The van der Waals surface area contributed by atoms with Gasteiger partial charge in [-0.2, -0.15) is 0 Å². The average Bonchev–Trinajstić information content (AvgIpc) is 2.87. The Hall–Kier alpha value is -3.91. The second kappa shape index (κ2) is 11.2. The quantitative estimate of drug-likeness (QED) is 0.463. The van der Waals surface area contributed by atoms with Gasteiger partial charge < -0.3 is 25.8 Å². The molecule has 36 heavy (non-hydrogen) atoms. The number of anilines is 2. The normalized spacial score (nSPS) is 16.9. The number of nitrogens with zero attached hydrogens (tertiary/aromatic N) is 2. The molecular weight excluding hydrogens is 456 g/mol. The van der Waals surface area contributed by atoms with Crippen molar-refractivity contribution in [2.45, 2.75) is 38.8 Å². The standard InChI is InChI=1S/C28H32N4O4/c1-18-22-11-12-25(27(18)29)30-13-4-14-36-17-19-7-9-20(10-8-19)28(35)32(2)16-21-5-3-6-24(31-21)23(22)15-26(33)34/h3,5-12,23,30H,4,13-17,29H2,1-2H3,(H,33,34). The molecule has 4 aliphatic rings. The number of ether oxygens (including phenoxy) is 1. The molecule has 188 valence electrons. The predicted octanol–water partition coefficient (Wildman–Crippen LogP) is 4.18. The number of hydrogen-bond acceptors (Lipinski definition) is 6. The number of nitrogen functional groups attached to an aromatic ring is 1. The number of carboxylic acids is 1. The molecule has 2 aromatic carbocycles. The number of carboxylic acid groups (broad SMARTS) is 1. The van der Waals surface area contributed by atoms with E-state index in [1.54, 1.807) is 11.9 Å². The van der Waals surface area contributed by atoms with Crippen molar-refractivity contribution < 1.29 is 19.4 Å². The molecular formula is C28H32N4O4. The SMILES string of the molecule is Cc1c2ccc(c1N)NCCCOCc1ccc(cc1)C(=O)N(C)Cc1cccc(n1)C2CC(=O)O. The summed E-state index contributed by atoms with van der Waals surface area (Å²) in [5.74, 6) is -1.52. The van der Waals surface area contributed by atoms with Crippen molar-refractivity contribution >= 4 is 23.3 Å². The summed E-state index contributed by atoms with van der Waals surface area (Å²) >= 11 is 0. The van der Waals surface area contributed by atoms with Crippen LogP contribution in [-0.4, -0.2) is 47.1 Å². The third kappa shape index (κ3) is 5.83. The van der Waals surface area contributed by atoms with Crippen molar-refractivity contribution in [1.82, 2.24) is 9.88 Å². The van der Waals surface area contributed by atoms with Gasteiger partial charge in [-0.15, -0.1) is 0 Å². The maximum atomic E-state index is 13.0. The van der Waals surface area contributed by atoms with Crippen LogP contribution in [0.15, 0.2) is 54.6 Å². The number of hydrogen-bond donors (Lipinski definition) is 3. The number of nitrogens with one attached hydrogen (secondary N) is 1. The number of carbonyl (C=O) groups excluding carboxylic acids is 1. The number of nitrogens with two attached hydrogens (primary N) is 1. The molecule has 0 radical (unpaired) electrons. The molecule has 1 unspecified atom stereocenters. The second-order valence-corrected chi connectivity index (χ2v) is 9.14. The van der Waals surface area contributed by atoms with E-state index in [2.05, 4.69) is 5.32 Å². The molecule has 4 N–H and O–H groups in total. The molecule has 3 aromatic rings. The van der Waals surface area contributed by atoms with Gasteiger partial charge >= 0.3 is 5.97 Å². The van der Waals surface area contributed by atoms with Crippen molar-refractivity contribution in [1.29, 1.82) is 0 Å². The fourth-order valence-electron chi connectivity index (χ4n) is 4.47. The summed E-state index contributed by atoms with van der Waals surface area (Å²) in [4.78, 5) is 31.2. The molecule has 7 rings (SSSR count). The van der Waals surface area contributed by atoms with E-state index in [9.17, 15) is 14.7 Å². The van der Waals surface area contributed by atoms with Crippen molar-refractivity contribution in [2.24, 2.45) is 0 Å². The number of aromatic nitrogens is 1. The minimum Gasteiger partial charge on any atom is -0.481 e. The fraction of sp³-hybridized carbons (Fsp3) is 0.321. The predicted molar refractivity (Wildman–Crippen MR) is 139 cm³/mol. The van der Waals surface area contributed by atoms with Gasteiger partial charge in [0.15, 0.2) is 0 Å². The van der Waals surface area contributed by atoms with E-state index in [0.717, 1.165) is 28.8 Å². The molecule has 8 nitrogen and oxygen atoms in total. The first-order valence-electron chi connectivity index (χ1n) is 12.1. The van der Waals surface area contributed by atoms with Crippen LogP contribution in [-0.2, 0) is 22.7 Å². The summed E-state index contributed by atoms with van der Waals surface area (Å²) in [6, 6.07) is 16.8. The summed E-state index contributed by atoms with van der Waals surface area (Å²) in [5.41, 5.74) is 12.4. The highest BCUT2D eigenvalue weighted by molar-refractivity contribution is 5.94. The van der Waals surface area contributed by atoms with Crippen molar-refractivity contribution in [3.05, 3.63) is 88.2 Å². The van der Waals surface area contributed by atoms with Crippen molar-refractivity contribution in [3.63, 3.8) is 0 Å². The van der Waals surface area contributed by atoms with Crippen LogP contribution in [0.4, 0.5) is 11.4 Å². The van der Waals surface area contributed by atoms with Crippen LogP contribution >= 0.6 is 0 Å². The fourth-order valence-corrected chi connectivity index (χ4v) is 4.47. The third-order valence-electron chi connectivity index (χ3n) is 6.49. The monoisotopic (exact) mass is 488 g/mol. The second-order valence-electron chi connectivity index (χ2n) is 9.14.